The maximum atomic E-state index is 10.3. The van der Waals surface area contributed by atoms with Gasteiger partial charge in [0, 0.05) is 6.21 Å². The van der Waals surface area contributed by atoms with Crippen molar-refractivity contribution in [3.63, 3.8) is 0 Å². The van der Waals surface area contributed by atoms with Crippen molar-refractivity contribution in [1.29, 1.82) is 0 Å². The lowest BCUT2D eigenvalue weighted by Crippen LogP contribution is -2.19. The highest BCUT2D eigenvalue weighted by Gasteiger charge is 2.15. The van der Waals surface area contributed by atoms with E-state index < -0.39 is 12.0 Å². The second-order valence-electron chi connectivity index (χ2n) is 2.32. The van der Waals surface area contributed by atoms with Gasteiger partial charge in [-0.15, -0.1) is 0 Å². The summed E-state index contributed by atoms with van der Waals surface area (Å²) in [6, 6.07) is -0.552. The first-order valence-corrected chi connectivity index (χ1v) is 3.13. The van der Waals surface area contributed by atoms with E-state index in [2.05, 4.69) is 4.99 Å². The number of carboxylic acids is 1. The van der Waals surface area contributed by atoms with Crippen molar-refractivity contribution in [2.45, 2.75) is 19.4 Å². The molecule has 1 rings (SSSR count). The summed E-state index contributed by atoms with van der Waals surface area (Å²) in [6.45, 7) is 1.90. The SMILES string of the molecule is CC1=CCC(C(=O)O)N=C1. The van der Waals surface area contributed by atoms with Crippen LogP contribution in [0.3, 0.4) is 0 Å². The zero-order valence-electron chi connectivity index (χ0n) is 5.74. The molecule has 0 saturated heterocycles. The van der Waals surface area contributed by atoms with E-state index in [-0.39, 0.29) is 0 Å². The van der Waals surface area contributed by atoms with Gasteiger partial charge in [0.05, 0.1) is 0 Å². The van der Waals surface area contributed by atoms with E-state index in [1.54, 1.807) is 6.21 Å². The Labute approximate surface area is 59.1 Å². The van der Waals surface area contributed by atoms with Crippen molar-refractivity contribution in [2.24, 2.45) is 4.99 Å². The molecular weight excluding hydrogens is 130 g/mol. The van der Waals surface area contributed by atoms with Gasteiger partial charge >= 0.3 is 5.97 Å². The van der Waals surface area contributed by atoms with Crippen molar-refractivity contribution in [2.75, 3.05) is 0 Å². The van der Waals surface area contributed by atoms with Crippen LogP contribution in [0.25, 0.3) is 0 Å². The maximum absolute atomic E-state index is 10.3. The maximum Gasteiger partial charge on any atom is 0.328 e. The minimum atomic E-state index is -0.847. The minimum absolute atomic E-state index is 0.525. The van der Waals surface area contributed by atoms with Crippen molar-refractivity contribution in [1.82, 2.24) is 0 Å². The number of allylic oxidation sites excluding steroid dienone is 1. The van der Waals surface area contributed by atoms with Crippen LogP contribution < -0.4 is 0 Å². The van der Waals surface area contributed by atoms with Crippen LogP contribution in [0.15, 0.2) is 16.6 Å². The second kappa shape index (κ2) is 2.64. The Morgan fingerprint density at radius 3 is 3.00 bits per heavy atom. The summed E-state index contributed by atoms with van der Waals surface area (Å²) in [5, 5.41) is 8.48. The Kier molecular flexibility index (Phi) is 1.85. The Bertz CT molecular complexity index is 206. The molecule has 1 N–H and O–H groups in total. The fourth-order valence-electron chi connectivity index (χ4n) is 0.783. The average Bonchev–Trinajstić information content (AvgIpc) is 1.88. The van der Waals surface area contributed by atoms with Gasteiger partial charge in [-0.05, 0) is 18.9 Å². The molecule has 1 atom stereocenters. The standard InChI is InChI=1S/C7H9NO2/c1-5-2-3-6(7(9)10)8-4-5/h2,4,6H,3H2,1H3,(H,9,10). The summed E-state index contributed by atoms with van der Waals surface area (Å²) < 4.78 is 0. The predicted molar refractivity (Wildman–Crippen MR) is 38.3 cm³/mol. The molecule has 0 aromatic heterocycles. The van der Waals surface area contributed by atoms with Gasteiger partial charge in [-0.25, -0.2) is 4.79 Å². The Balaban J connectivity index is 2.60. The van der Waals surface area contributed by atoms with Gasteiger partial charge in [0.15, 0.2) is 6.04 Å². The quantitative estimate of drug-likeness (QED) is 0.585. The van der Waals surface area contributed by atoms with Crippen LogP contribution in [0.4, 0.5) is 0 Å². The molecular formula is C7H9NO2. The van der Waals surface area contributed by atoms with Gasteiger partial charge < -0.3 is 5.11 Å². The van der Waals surface area contributed by atoms with E-state index in [1.807, 2.05) is 13.0 Å². The van der Waals surface area contributed by atoms with Gasteiger partial charge in [-0.1, -0.05) is 6.08 Å². The molecule has 1 heterocycles. The summed E-state index contributed by atoms with van der Waals surface area (Å²) in [7, 11) is 0. The zero-order valence-corrected chi connectivity index (χ0v) is 5.74. The molecule has 0 fully saturated rings. The first-order valence-electron chi connectivity index (χ1n) is 3.13. The van der Waals surface area contributed by atoms with Crippen LogP contribution in [0, 0.1) is 0 Å². The molecule has 10 heavy (non-hydrogen) atoms. The fraction of sp³-hybridized carbons (Fsp3) is 0.429. The number of nitrogens with zero attached hydrogens (tertiary/aromatic N) is 1. The molecule has 0 aromatic carbocycles. The predicted octanol–water partition coefficient (Wildman–Crippen LogP) is 0.860. The van der Waals surface area contributed by atoms with Crippen LogP contribution in [0.5, 0.6) is 0 Å². The van der Waals surface area contributed by atoms with Crippen LogP contribution in [0.2, 0.25) is 0 Å². The summed E-state index contributed by atoms with van der Waals surface area (Å²) in [4.78, 5) is 14.1. The summed E-state index contributed by atoms with van der Waals surface area (Å²) in [5.41, 5.74) is 1.04. The largest absolute Gasteiger partial charge is 0.480 e. The molecule has 0 spiro atoms. The number of hydrogen-bond acceptors (Lipinski definition) is 2. The minimum Gasteiger partial charge on any atom is -0.480 e. The van der Waals surface area contributed by atoms with E-state index in [4.69, 9.17) is 5.11 Å². The molecule has 0 bridgehead atoms. The smallest absolute Gasteiger partial charge is 0.328 e. The molecule has 1 aliphatic rings. The third-order valence-corrected chi connectivity index (χ3v) is 1.41. The van der Waals surface area contributed by atoms with Gasteiger partial charge in [0.25, 0.3) is 0 Å². The van der Waals surface area contributed by atoms with Crippen molar-refractivity contribution in [3.05, 3.63) is 11.6 Å². The summed E-state index contributed by atoms with van der Waals surface area (Å²) in [6.07, 6.45) is 4.01. The second-order valence-corrected chi connectivity index (χ2v) is 2.32. The first kappa shape index (κ1) is 6.99. The van der Waals surface area contributed by atoms with Crippen molar-refractivity contribution < 1.29 is 9.90 Å². The van der Waals surface area contributed by atoms with Gasteiger partial charge in [0.1, 0.15) is 0 Å². The number of hydrogen-bond donors (Lipinski definition) is 1. The number of rotatable bonds is 1. The van der Waals surface area contributed by atoms with Crippen molar-refractivity contribution in [3.8, 4) is 0 Å². The number of aliphatic carboxylic acids is 1. The van der Waals surface area contributed by atoms with Crippen molar-refractivity contribution >= 4 is 12.2 Å². The number of aliphatic imine (C=N–C) groups is 1. The fourth-order valence-corrected chi connectivity index (χ4v) is 0.783. The monoisotopic (exact) mass is 139 g/mol. The Hall–Kier alpha value is -1.12. The lowest BCUT2D eigenvalue weighted by atomic mass is 10.1. The normalized spacial score (nSPS) is 24.1. The summed E-state index contributed by atoms with van der Waals surface area (Å²) >= 11 is 0. The molecule has 0 radical (unpaired) electrons. The lowest BCUT2D eigenvalue weighted by molar-refractivity contribution is -0.138. The van der Waals surface area contributed by atoms with Crippen LogP contribution in [-0.2, 0) is 4.79 Å². The van der Waals surface area contributed by atoms with Gasteiger partial charge in [-0.2, -0.15) is 0 Å². The van der Waals surface area contributed by atoms with Crippen LogP contribution in [-0.4, -0.2) is 23.3 Å². The van der Waals surface area contributed by atoms with E-state index in [9.17, 15) is 4.79 Å². The topological polar surface area (TPSA) is 49.7 Å². The highest BCUT2D eigenvalue weighted by molar-refractivity contribution is 5.84. The molecule has 0 aromatic rings. The third-order valence-electron chi connectivity index (χ3n) is 1.41. The Morgan fingerprint density at radius 2 is 2.60 bits per heavy atom. The molecule has 1 unspecified atom stereocenters. The average molecular weight is 139 g/mol. The van der Waals surface area contributed by atoms with E-state index in [0.29, 0.717) is 6.42 Å². The molecule has 0 saturated carbocycles. The number of dihydropyridines is 1. The third kappa shape index (κ3) is 1.43. The highest BCUT2D eigenvalue weighted by Crippen LogP contribution is 2.07. The van der Waals surface area contributed by atoms with Crippen LogP contribution >= 0.6 is 0 Å². The zero-order chi connectivity index (χ0) is 7.56. The highest BCUT2D eigenvalue weighted by atomic mass is 16.4. The van der Waals surface area contributed by atoms with E-state index >= 15 is 0 Å². The molecule has 54 valence electrons. The molecule has 0 amide bonds. The van der Waals surface area contributed by atoms with Crippen LogP contribution in [0.1, 0.15) is 13.3 Å². The molecule has 0 aliphatic carbocycles. The van der Waals surface area contributed by atoms with E-state index in [1.165, 1.54) is 0 Å². The van der Waals surface area contributed by atoms with E-state index in [0.717, 1.165) is 5.57 Å². The lowest BCUT2D eigenvalue weighted by Gasteiger charge is -2.08. The molecule has 3 nitrogen and oxygen atoms in total. The summed E-state index contributed by atoms with van der Waals surface area (Å²) in [5.74, 6) is -0.847. The Morgan fingerprint density at radius 1 is 1.90 bits per heavy atom. The molecule has 1 aliphatic heterocycles. The van der Waals surface area contributed by atoms with Gasteiger partial charge in [0.2, 0.25) is 0 Å². The van der Waals surface area contributed by atoms with Gasteiger partial charge in [-0.3, -0.25) is 4.99 Å². The first-order chi connectivity index (χ1) is 4.70. The number of carbonyl (C=O) groups is 1. The number of carboxylic acid groups (broad SMARTS) is 1. The molecule has 3 heteroatoms.